The molecule has 0 radical (unpaired) electrons. The summed E-state index contributed by atoms with van der Waals surface area (Å²) in [6.45, 7) is 15.0. The highest BCUT2D eigenvalue weighted by atomic mass is 16.7. The zero-order valence-corrected chi connectivity index (χ0v) is 35.8. The fourth-order valence-electron chi connectivity index (χ4n) is 10.0. The van der Waals surface area contributed by atoms with Gasteiger partial charge in [-0.25, -0.2) is 0 Å². The highest BCUT2D eigenvalue weighted by Gasteiger charge is 2.57. The molecular formula is C45H64N2O11. The highest BCUT2D eigenvalue weighted by molar-refractivity contribution is 5.87. The third kappa shape index (κ3) is 9.00. The van der Waals surface area contributed by atoms with Gasteiger partial charge in [0.25, 0.3) is 0 Å². The van der Waals surface area contributed by atoms with Crippen molar-refractivity contribution < 1.29 is 52.7 Å². The highest BCUT2D eigenvalue weighted by Crippen LogP contribution is 2.46. The molecule has 2 aromatic rings. The monoisotopic (exact) mass is 808 g/mol. The van der Waals surface area contributed by atoms with Crippen molar-refractivity contribution in [2.45, 2.75) is 142 Å². The minimum absolute atomic E-state index is 0.0305. The average molecular weight is 809 g/mol. The molecule has 13 heteroatoms. The molecule has 4 heterocycles. The van der Waals surface area contributed by atoms with Crippen LogP contribution in [0.3, 0.4) is 0 Å². The quantitative estimate of drug-likeness (QED) is 0.264. The molecule has 1 N–H and O–H groups in total. The predicted octanol–water partition coefficient (Wildman–Crippen LogP) is 5.86. The summed E-state index contributed by atoms with van der Waals surface area (Å²) in [5.74, 6) is -4.19. The van der Waals surface area contributed by atoms with Gasteiger partial charge in [-0.2, -0.15) is 0 Å². The maximum Gasteiger partial charge on any atom is 0.311 e. The molecule has 4 aliphatic heterocycles. The van der Waals surface area contributed by atoms with Crippen molar-refractivity contribution in [3.05, 3.63) is 48.0 Å². The first-order valence-corrected chi connectivity index (χ1v) is 21.0. The molecule has 0 aromatic heterocycles. The van der Waals surface area contributed by atoms with E-state index in [2.05, 4.69) is 5.16 Å². The standard InChI is InChI=1S/C45H64N2O11/c1-11-36-45(8)34(20-37(48)58-45)27(4)38(49)25(2)21-44(7)41(57-43-39(50)35(47(9)10)19-26(3)55-43)28(5)40(29(6)42(51)56-36)52-23-32(24-53-44)46-54-22-31-17-14-16-30-15-12-13-18-33(30)31/h12-18,25-29,34-36,39-41,43,50H,11,19-24H2,1-10H3/b46-32-/t25-,26-,27-,28+,29-,34+,35+,36-,39-,40+,41-,43+,44-,45+/m1/s1. The molecule has 2 bridgehead atoms. The Labute approximate surface area is 343 Å². The number of fused-ring (bicyclic) bond motifs is 5. The predicted molar refractivity (Wildman–Crippen MR) is 217 cm³/mol. The first kappa shape index (κ1) is 44.1. The molecule has 4 fully saturated rings. The van der Waals surface area contributed by atoms with E-state index in [-0.39, 0.29) is 50.6 Å². The van der Waals surface area contributed by atoms with E-state index in [1.54, 1.807) is 13.8 Å². The molecule has 2 aromatic carbocycles. The molecule has 13 nitrogen and oxygen atoms in total. The number of aliphatic hydroxyl groups is 1. The number of ether oxygens (including phenoxy) is 6. The van der Waals surface area contributed by atoms with Crippen LogP contribution in [0.25, 0.3) is 10.8 Å². The van der Waals surface area contributed by atoms with E-state index >= 15 is 0 Å². The normalized spacial score (nSPS) is 40.0. The number of hydrogen-bond donors (Lipinski definition) is 1. The van der Waals surface area contributed by atoms with Crippen LogP contribution in [0.15, 0.2) is 47.6 Å². The Hall–Kier alpha value is -3.46. The molecule has 4 saturated heterocycles. The molecule has 0 unspecified atom stereocenters. The van der Waals surface area contributed by atoms with Gasteiger partial charge in [0.15, 0.2) is 6.29 Å². The molecule has 14 atom stereocenters. The van der Waals surface area contributed by atoms with E-state index in [4.69, 9.17) is 33.3 Å². The fourth-order valence-corrected chi connectivity index (χ4v) is 10.0. The van der Waals surface area contributed by atoms with Gasteiger partial charge in [-0.3, -0.25) is 14.4 Å². The van der Waals surface area contributed by atoms with E-state index in [0.717, 1.165) is 16.3 Å². The largest absolute Gasteiger partial charge is 0.458 e. The van der Waals surface area contributed by atoms with Crippen LogP contribution in [0.4, 0.5) is 0 Å². The minimum Gasteiger partial charge on any atom is -0.458 e. The second-order valence-corrected chi connectivity index (χ2v) is 17.8. The molecule has 58 heavy (non-hydrogen) atoms. The number of nitrogens with zero attached hydrogens (tertiary/aromatic N) is 2. The van der Waals surface area contributed by atoms with Crippen molar-refractivity contribution in [1.29, 1.82) is 0 Å². The molecule has 4 aliphatic rings. The van der Waals surface area contributed by atoms with Gasteiger partial charge in [-0.05, 0) is 77.4 Å². The van der Waals surface area contributed by atoms with E-state index in [1.165, 1.54) is 0 Å². The van der Waals surface area contributed by atoms with Crippen LogP contribution >= 0.6 is 0 Å². The van der Waals surface area contributed by atoms with Gasteiger partial charge in [0.2, 0.25) is 0 Å². The lowest BCUT2D eigenvalue weighted by Gasteiger charge is -2.48. The lowest BCUT2D eigenvalue weighted by atomic mass is 9.70. The topological polar surface area (TPSA) is 152 Å². The van der Waals surface area contributed by atoms with Crippen molar-refractivity contribution in [3.63, 3.8) is 0 Å². The number of hydrogen-bond acceptors (Lipinski definition) is 13. The van der Waals surface area contributed by atoms with Gasteiger partial charge in [0, 0.05) is 29.7 Å². The summed E-state index contributed by atoms with van der Waals surface area (Å²) < 4.78 is 39.1. The Morgan fingerprint density at radius 1 is 0.966 bits per heavy atom. The van der Waals surface area contributed by atoms with E-state index in [9.17, 15) is 19.5 Å². The van der Waals surface area contributed by atoms with Gasteiger partial charge in [-0.15, -0.1) is 0 Å². The van der Waals surface area contributed by atoms with Crippen LogP contribution in [0.2, 0.25) is 0 Å². The number of Topliss-reactive ketones (excluding diaryl/α,β-unsaturated/α-hetero) is 1. The summed E-state index contributed by atoms with van der Waals surface area (Å²) in [7, 11) is 3.82. The summed E-state index contributed by atoms with van der Waals surface area (Å²) in [6.07, 6.45) is -3.60. The minimum atomic E-state index is -1.22. The summed E-state index contributed by atoms with van der Waals surface area (Å²) in [6, 6.07) is 13.8. The summed E-state index contributed by atoms with van der Waals surface area (Å²) in [5, 5.41) is 18.4. The number of carbonyl (C=O) groups excluding carboxylic acids is 3. The number of aliphatic hydroxyl groups excluding tert-OH is 1. The molecule has 320 valence electrons. The molecule has 0 aliphatic carbocycles. The van der Waals surface area contributed by atoms with Gasteiger partial charge >= 0.3 is 11.9 Å². The third-order valence-corrected chi connectivity index (χ3v) is 13.3. The number of likely N-dealkylation sites (N-methyl/N-ethyl adjacent to an activating group) is 1. The molecule has 0 spiro atoms. The Bertz CT molecular complexity index is 1810. The first-order chi connectivity index (χ1) is 27.5. The van der Waals surface area contributed by atoms with Crippen LogP contribution in [-0.4, -0.2) is 115 Å². The second kappa shape index (κ2) is 18.0. The third-order valence-electron chi connectivity index (χ3n) is 13.3. The van der Waals surface area contributed by atoms with Crippen LogP contribution in [0, 0.1) is 29.6 Å². The lowest BCUT2D eigenvalue weighted by Crippen LogP contribution is -2.60. The lowest BCUT2D eigenvalue weighted by molar-refractivity contribution is -0.302. The Balaban J connectivity index is 1.41. The van der Waals surface area contributed by atoms with Gasteiger partial charge in [0.1, 0.15) is 35.9 Å². The van der Waals surface area contributed by atoms with Gasteiger partial charge < -0.3 is 43.3 Å². The van der Waals surface area contributed by atoms with E-state index < -0.39 is 83.4 Å². The molecule has 0 amide bonds. The fraction of sp³-hybridized carbons (Fsp3) is 0.689. The molecule has 0 saturated carbocycles. The smallest absolute Gasteiger partial charge is 0.311 e. The Morgan fingerprint density at radius 3 is 2.41 bits per heavy atom. The van der Waals surface area contributed by atoms with Crippen molar-refractivity contribution in [2.75, 3.05) is 27.3 Å². The Morgan fingerprint density at radius 2 is 1.69 bits per heavy atom. The van der Waals surface area contributed by atoms with E-state index in [1.807, 2.05) is 103 Å². The van der Waals surface area contributed by atoms with Crippen molar-refractivity contribution in [2.24, 2.45) is 34.7 Å². The van der Waals surface area contributed by atoms with Crippen molar-refractivity contribution in [3.8, 4) is 0 Å². The van der Waals surface area contributed by atoms with Crippen LogP contribution < -0.4 is 0 Å². The van der Waals surface area contributed by atoms with E-state index in [0.29, 0.717) is 18.6 Å². The Kier molecular flexibility index (Phi) is 13.7. The van der Waals surface area contributed by atoms with Gasteiger partial charge in [-0.1, -0.05) is 75.3 Å². The van der Waals surface area contributed by atoms with Crippen molar-refractivity contribution in [1.82, 2.24) is 4.90 Å². The van der Waals surface area contributed by atoms with Crippen LogP contribution in [-0.2, 0) is 54.2 Å². The summed E-state index contributed by atoms with van der Waals surface area (Å²) in [4.78, 5) is 49.8. The summed E-state index contributed by atoms with van der Waals surface area (Å²) in [5.41, 5.74) is -1.03. The molecule has 6 rings (SSSR count). The second-order valence-electron chi connectivity index (χ2n) is 17.8. The van der Waals surface area contributed by atoms with Gasteiger partial charge in [0.05, 0.1) is 49.5 Å². The zero-order chi connectivity index (χ0) is 42.1. The number of oxime groups is 1. The summed E-state index contributed by atoms with van der Waals surface area (Å²) >= 11 is 0. The first-order valence-electron chi connectivity index (χ1n) is 21.0. The average Bonchev–Trinajstić information content (AvgIpc) is 3.52. The maximum absolute atomic E-state index is 14.6. The number of cyclic esters (lactones) is 1. The van der Waals surface area contributed by atoms with Crippen LogP contribution in [0.5, 0.6) is 0 Å². The number of ketones is 1. The number of esters is 2. The van der Waals surface area contributed by atoms with Crippen LogP contribution in [0.1, 0.15) is 86.6 Å². The molecular weight excluding hydrogens is 744 g/mol. The number of rotatable bonds is 7. The SMILES string of the molecule is CC[C@H]1OC(=O)[C@H](C)[C@H]2OC/C(=N/OCc3cccc4ccccc34)CO[C@](C)(C[C@@H](C)C(=O)[C@H](C)[C@@H]3CC(=O)O[C@]13C)[C@H](O[C@@H]1O[C@H](C)C[C@H](N(C)C)[C@H]1O)[C@H]2C. The zero-order valence-electron chi connectivity index (χ0n) is 35.8. The number of carbonyl (C=O) groups is 3. The maximum atomic E-state index is 14.6. The number of benzene rings is 2. The van der Waals surface area contributed by atoms with Crippen molar-refractivity contribution >= 4 is 34.2 Å².